The molecule has 1 N–H and O–H groups in total. The summed E-state index contributed by atoms with van der Waals surface area (Å²) in [5, 5.41) is 6.97. The fourth-order valence-corrected chi connectivity index (χ4v) is 1.93. The fourth-order valence-electron chi connectivity index (χ4n) is 1.77. The molecule has 0 aliphatic carbocycles. The predicted molar refractivity (Wildman–Crippen MR) is 65.9 cm³/mol. The Morgan fingerprint density at radius 3 is 2.94 bits per heavy atom. The molecule has 0 spiro atoms. The Morgan fingerprint density at radius 1 is 1.61 bits per heavy atom. The van der Waals surface area contributed by atoms with Crippen molar-refractivity contribution in [2.75, 3.05) is 33.4 Å². The van der Waals surface area contributed by atoms with Crippen LogP contribution in [0.4, 0.5) is 0 Å². The van der Waals surface area contributed by atoms with E-state index in [1.807, 2.05) is 0 Å². The van der Waals surface area contributed by atoms with E-state index in [2.05, 4.69) is 10.2 Å². The summed E-state index contributed by atoms with van der Waals surface area (Å²) in [7, 11) is 1.70. The Labute approximate surface area is 110 Å². The van der Waals surface area contributed by atoms with E-state index in [0.29, 0.717) is 37.1 Å². The first-order chi connectivity index (χ1) is 8.59. The highest BCUT2D eigenvalue weighted by atomic mass is 35.5. The average molecular weight is 274 g/mol. The van der Waals surface area contributed by atoms with Gasteiger partial charge in [-0.3, -0.25) is 9.89 Å². The van der Waals surface area contributed by atoms with Gasteiger partial charge in [-0.25, -0.2) is 0 Å². The van der Waals surface area contributed by atoms with Crippen molar-refractivity contribution in [3.05, 3.63) is 16.4 Å². The molecule has 1 fully saturated rings. The Kier molecular flexibility index (Phi) is 4.21. The van der Waals surface area contributed by atoms with Crippen LogP contribution in [0.25, 0.3) is 0 Å². The van der Waals surface area contributed by atoms with Crippen LogP contribution < -0.4 is 0 Å². The van der Waals surface area contributed by atoms with E-state index >= 15 is 0 Å². The van der Waals surface area contributed by atoms with Gasteiger partial charge in [-0.2, -0.15) is 5.10 Å². The van der Waals surface area contributed by atoms with Gasteiger partial charge >= 0.3 is 0 Å². The maximum Gasteiger partial charge on any atom is 0.275 e. The molecule has 1 saturated heterocycles. The van der Waals surface area contributed by atoms with Gasteiger partial charge in [-0.05, 0) is 6.92 Å². The zero-order valence-electron chi connectivity index (χ0n) is 10.4. The summed E-state index contributed by atoms with van der Waals surface area (Å²) in [6.45, 7) is 3.91. The maximum absolute atomic E-state index is 12.1. The van der Waals surface area contributed by atoms with Crippen molar-refractivity contribution in [3.8, 4) is 0 Å². The van der Waals surface area contributed by atoms with Crippen LogP contribution >= 0.6 is 11.6 Å². The number of H-pyrrole nitrogens is 1. The van der Waals surface area contributed by atoms with Gasteiger partial charge < -0.3 is 14.4 Å². The molecule has 0 radical (unpaired) electrons. The zero-order valence-corrected chi connectivity index (χ0v) is 11.2. The molecule has 2 rings (SSSR count). The molecule has 0 bridgehead atoms. The number of rotatable bonds is 3. The van der Waals surface area contributed by atoms with Crippen LogP contribution in [0.2, 0.25) is 5.02 Å². The molecule has 1 unspecified atom stereocenters. The lowest BCUT2D eigenvalue weighted by molar-refractivity contribution is -0.0933. The number of aryl methyl sites for hydroxylation is 1. The average Bonchev–Trinajstić information content (AvgIpc) is 2.70. The van der Waals surface area contributed by atoms with Crippen LogP contribution in [0.3, 0.4) is 0 Å². The molecule has 1 aliphatic heterocycles. The normalized spacial score (nSPS) is 19.8. The highest BCUT2D eigenvalue weighted by Gasteiger charge is 2.23. The summed E-state index contributed by atoms with van der Waals surface area (Å²) in [5.41, 5.74) is 0.930. The molecule has 18 heavy (non-hydrogen) atoms. The number of halogens is 1. The van der Waals surface area contributed by atoms with Gasteiger partial charge in [0.05, 0.1) is 36.6 Å². The number of amides is 1. The number of carbonyl (C=O) groups excluding carboxylic acids is 1. The topological polar surface area (TPSA) is 67.5 Å². The maximum atomic E-state index is 12.1. The van der Waals surface area contributed by atoms with E-state index in [1.54, 1.807) is 18.9 Å². The standard InChI is InChI=1S/C11H16ClN3O3/c1-7-9(12)10(14-13-7)11(16)15(2)5-8-6-17-3-4-18-8/h8H,3-6H2,1-2H3,(H,13,14). The Morgan fingerprint density at radius 2 is 2.39 bits per heavy atom. The Balaban J connectivity index is 1.98. The first kappa shape index (κ1) is 13.3. The number of aromatic amines is 1. The third-order valence-corrected chi connectivity index (χ3v) is 3.25. The van der Waals surface area contributed by atoms with Crippen LogP contribution in [0, 0.1) is 6.92 Å². The second-order valence-corrected chi connectivity index (χ2v) is 4.64. The summed E-state index contributed by atoms with van der Waals surface area (Å²) in [6, 6.07) is 0. The van der Waals surface area contributed by atoms with Gasteiger partial charge in [0, 0.05) is 13.6 Å². The third-order valence-electron chi connectivity index (χ3n) is 2.78. The van der Waals surface area contributed by atoms with Crippen LogP contribution in [-0.2, 0) is 9.47 Å². The van der Waals surface area contributed by atoms with E-state index in [4.69, 9.17) is 21.1 Å². The molecule has 100 valence electrons. The van der Waals surface area contributed by atoms with Crippen molar-refractivity contribution in [1.82, 2.24) is 15.1 Å². The zero-order chi connectivity index (χ0) is 13.1. The van der Waals surface area contributed by atoms with Crippen LogP contribution in [0.5, 0.6) is 0 Å². The van der Waals surface area contributed by atoms with Crippen LogP contribution in [0.1, 0.15) is 16.2 Å². The lowest BCUT2D eigenvalue weighted by atomic mass is 10.3. The Bertz CT molecular complexity index is 429. The van der Waals surface area contributed by atoms with E-state index in [1.165, 1.54) is 0 Å². The molecule has 7 heteroatoms. The number of carbonyl (C=O) groups is 1. The number of nitrogens with zero attached hydrogens (tertiary/aromatic N) is 2. The van der Waals surface area contributed by atoms with Gasteiger partial charge in [0.1, 0.15) is 0 Å². The largest absolute Gasteiger partial charge is 0.376 e. The lowest BCUT2D eigenvalue weighted by Crippen LogP contribution is -2.41. The van der Waals surface area contributed by atoms with Crippen LogP contribution in [-0.4, -0.2) is 60.5 Å². The molecular weight excluding hydrogens is 258 g/mol. The minimum absolute atomic E-state index is 0.0912. The SMILES string of the molecule is Cc1[nH]nc(C(=O)N(C)CC2COCCO2)c1Cl. The van der Waals surface area contributed by atoms with Crippen LogP contribution in [0.15, 0.2) is 0 Å². The molecule has 1 aromatic rings. The van der Waals surface area contributed by atoms with Crippen molar-refractivity contribution in [2.45, 2.75) is 13.0 Å². The lowest BCUT2D eigenvalue weighted by Gasteiger charge is -2.27. The van der Waals surface area contributed by atoms with Crippen molar-refractivity contribution in [1.29, 1.82) is 0 Å². The molecule has 6 nitrogen and oxygen atoms in total. The highest BCUT2D eigenvalue weighted by molar-refractivity contribution is 6.34. The molecule has 1 amide bonds. The summed E-state index contributed by atoms with van der Waals surface area (Å²) >= 11 is 5.99. The second-order valence-electron chi connectivity index (χ2n) is 4.26. The number of ether oxygens (including phenoxy) is 2. The molecule has 1 atom stereocenters. The fraction of sp³-hybridized carbons (Fsp3) is 0.636. The molecular formula is C11H16ClN3O3. The smallest absolute Gasteiger partial charge is 0.275 e. The molecule has 2 heterocycles. The van der Waals surface area contributed by atoms with Crippen molar-refractivity contribution in [2.24, 2.45) is 0 Å². The van der Waals surface area contributed by atoms with Gasteiger partial charge in [0.2, 0.25) is 0 Å². The Hall–Kier alpha value is -1.11. The van der Waals surface area contributed by atoms with Gasteiger partial charge in [0.25, 0.3) is 5.91 Å². The number of nitrogens with one attached hydrogen (secondary N) is 1. The van der Waals surface area contributed by atoms with Crippen molar-refractivity contribution < 1.29 is 14.3 Å². The minimum Gasteiger partial charge on any atom is -0.376 e. The number of hydrogen-bond donors (Lipinski definition) is 1. The molecule has 0 aromatic carbocycles. The summed E-state index contributed by atoms with van der Waals surface area (Å²) in [5.74, 6) is -0.224. The minimum atomic E-state index is -0.224. The van der Waals surface area contributed by atoms with Gasteiger partial charge in [0.15, 0.2) is 5.69 Å². The van der Waals surface area contributed by atoms with E-state index < -0.39 is 0 Å². The third kappa shape index (κ3) is 2.82. The summed E-state index contributed by atoms with van der Waals surface area (Å²) in [4.78, 5) is 13.7. The van der Waals surface area contributed by atoms with E-state index in [0.717, 1.165) is 0 Å². The highest BCUT2D eigenvalue weighted by Crippen LogP contribution is 2.18. The van der Waals surface area contributed by atoms with Crippen molar-refractivity contribution in [3.63, 3.8) is 0 Å². The molecule has 0 saturated carbocycles. The predicted octanol–water partition coefficient (Wildman–Crippen LogP) is 0.859. The first-order valence-corrected chi connectivity index (χ1v) is 6.12. The number of aromatic nitrogens is 2. The quantitative estimate of drug-likeness (QED) is 0.887. The van der Waals surface area contributed by atoms with Gasteiger partial charge in [-0.15, -0.1) is 0 Å². The van der Waals surface area contributed by atoms with Gasteiger partial charge in [-0.1, -0.05) is 11.6 Å². The summed E-state index contributed by atoms with van der Waals surface area (Å²) < 4.78 is 10.8. The van der Waals surface area contributed by atoms with E-state index in [9.17, 15) is 4.79 Å². The second kappa shape index (κ2) is 5.69. The summed E-state index contributed by atoms with van der Waals surface area (Å²) in [6.07, 6.45) is -0.0912. The molecule has 1 aromatic heterocycles. The first-order valence-electron chi connectivity index (χ1n) is 5.75. The number of likely N-dealkylation sites (N-methyl/N-ethyl adjacent to an activating group) is 1. The van der Waals surface area contributed by atoms with E-state index in [-0.39, 0.29) is 17.7 Å². The number of hydrogen-bond acceptors (Lipinski definition) is 4. The monoisotopic (exact) mass is 273 g/mol. The van der Waals surface area contributed by atoms with Crippen molar-refractivity contribution >= 4 is 17.5 Å². The molecule has 1 aliphatic rings.